The highest BCUT2D eigenvalue weighted by molar-refractivity contribution is 5.60. The van der Waals surface area contributed by atoms with Gasteiger partial charge in [0.1, 0.15) is 32.2 Å². The minimum Gasteiger partial charge on any atom is -0.494 e. The molecule has 12 aromatic rings. The SMILES string of the molecule is C=CCCc1ccc(COc2cc3c(c(F)c2F)Oc2c(ccc(OCC)c2F)C3)cc1.CCCc1ccc(COc2cc3c(c(F)c2F)Oc2c(ccc(CCC)c2F)C3)cc1.CCCc1ccc(COc2cc3c(c(F)c2F)Oc2c(ccc(OCC)c2F)C3)cc1.CCOc1ccc(COc2cc3c(c(F)c2F)Oc2c(ccc(OCC)c2F)C3)cc1. The summed E-state index contributed by atoms with van der Waals surface area (Å²) < 4.78 is 241. The fourth-order valence-corrected chi connectivity index (χ4v) is 14.5. The Bertz CT molecular complexity index is 5430. The van der Waals surface area contributed by atoms with Crippen molar-refractivity contribution in [2.24, 2.45) is 0 Å². The molecule has 0 unspecified atom stereocenters. The number of allylic oxidation sites excluding steroid dienone is 1. The molecule has 24 heteroatoms. The minimum atomic E-state index is -1.22. The second-order valence-corrected chi connectivity index (χ2v) is 29.8. The van der Waals surface area contributed by atoms with Crippen LogP contribution >= 0.6 is 0 Å². The summed E-state index contributed by atoms with van der Waals surface area (Å²) >= 11 is 0. The number of fused-ring (bicyclic) bond motifs is 8. The molecule has 4 aliphatic rings. The van der Waals surface area contributed by atoms with Crippen molar-refractivity contribution >= 4 is 0 Å². The summed E-state index contributed by atoms with van der Waals surface area (Å²) in [6.45, 7) is 18.7. The molecule has 0 saturated carbocycles. The van der Waals surface area contributed by atoms with Gasteiger partial charge in [-0.1, -0.05) is 161 Å². The van der Waals surface area contributed by atoms with E-state index in [2.05, 4.69) is 20.4 Å². The van der Waals surface area contributed by atoms with Gasteiger partial charge >= 0.3 is 0 Å². The zero-order valence-electron chi connectivity index (χ0n) is 70.0. The van der Waals surface area contributed by atoms with Gasteiger partial charge in [-0.15, -0.1) is 6.58 Å². The monoisotopic (exact) mass is 1720 g/mol. The first-order chi connectivity index (χ1) is 60.5. The predicted molar refractivity (Wildman–Crippen MR) is 451 cm³/mol. The normalized spacial score (nSPS) is 12.0. The lowest BCUT2D eigenvalue weighted by atomic mass is 9.97. The third-order valence-corrected chi connectivity index (χ3v) is 20.9. The predicted octanol–water partition coefficient (Wildman–Crippen LogP) is 27.1. The van der Waals surface area contributed by atoms with Crippen LogP contribution in [-0.4, -0.2) is 26.4 Å². The lowest BCUT2D eigenvalue weighted by molar-refractivity contribution is 0.278. The Labute approximate surface area is 717 Å². The molecule has 16 rings (SSSR count). The molecule has 0 N–H and O–H groups in total. The van der Waals surface area contributed by atoms with Crippen LogP contribution in [0.15, 0.2) is 183 Å². The zero-order valence-corrected chi connectivity index (χ0v) is 70.0. The Morgan fingerprint density at radius 3 is 0.784 bits per heavy atom. The van der Waals surface area contributed by atoms with E-state index in [1.165, 1.54) is 53.6 Å². The molecule has 0 radical (unpaired) electrons. The lowest BCUT2D eigenvalue weighted by Crippen LogP contribution is -2.10. The smallest absolute Gasteiger partial charge is 0.207 e. The van der Waals surface area contributed by atoms with Crippen LogP contribution in [-0.2, 0) is 77.8 Å². The van der Waals surface area contributed by atoms with Crippen LogP contribution < -0.4 is 56.8 Å². The molecule has 4 heterocycles. The van der Waals surface area contributed by atoms with E-state index in [1.807, 2.05) is 92.7 Å². The van der Waals surface area contributed by atoms with Gasteiger partial charge in [0.2, 0.25) is 64.0 Å². The average molecular weight is 1730 g/mol. The molecule has 125 heavy (non-hydrogen) atoms. The highest BCUT2D eigenvalue weighted by atomic mass is 19.2. The second-order valence-electron chi connectivity index (χ2n) is 29.8. The van der Waals surface area contributed by atoms with Gasteiger partial charge in [-0.3, -0.25) is 0 Å². The van der Waals surface area contributed by atoms with E-state index in [4.69, 9.17) is 56.8 Å². The minimum absolute atomic E-state index is 0.000823. The summed E-state index contributed by atoms with van der Waals surface area (Å²) in [5, 5.41) is 0. The first kappa shape index (κ1) is 89.9. The molecule has 4 aliphatic heterocycles. The Hall–Kier alpha value is -12.9. The third-order valence-electron chi connectivity index (χ3n) is 20.9. The second kappa shape index (κ2) is 41.5. The molecule has 0 aromatic heterocycles. The highest BCUT2D eigenvalue weighted by Crippen LogP contribution is 2.50. The molecule has 652 valence electrons. The summed E-state index contributed by atoms with van der Waals surface area (Å²) in [5.41, 5.74) is 11.2. The van der Waals surface area contributed by atoms with Crippen LogP contribution in [0, 0.1) is 69.8 Å². The Kier molecular flexibility index (Phi) is 29.9. The molecular formula is C101H92F12O12. The summed E-state index contributed by atoms with van der Waals surface area (Å²) in [7, 11) is 0. The summed E-state index contributed by atoms with van der Waals surface area (Å²) in [6.07, 6.45) is 9.84. The van der Waals surface area contributed by atoms with Gasteiger partial charge in [0.15, 0.2) is 92.1 Å². The van der Waals surface area contributed by atoms with Crippen LogP contribution in [0.1, 0.15) is 163 Å². The van der Waals surface area contributed by atoms with Gasteiger partial charge < -0.3 is 56.8 Å². The van der Waals surface area contributed by atoms with Crippen molar-refractivity contribution in [1.29, 1.82) is 0 Å². The molecule has 12 nitrogen and oxygen atoms in total. The zero-order chi connectivity index (χ0) is 88.5. The molecular weight excluding hydrogens is 1630 g/mol. The van der Waals surface area contributed by atoms with Gasteiger partial charge in [0.05, 0.1) is 26.4 Å². The van der Waals surface area contributed by atoms with Gasteiger partial charge in [0, 0.05) is 70.2 Å². The molecule has 0 amide bonds. The van der Waals surface area contributed by atoms with E-state index in [9.17, 15) is 52.7 Å². The fraction of sp³-hybridized carbons (Fsp3) is 0.267. The Morgan fingerprint density at radius 1 is 0.248 bits per heavy atom. The number of aryl methyl sites for hydroxylation is 4. The Morgan fingerprint density at radius 2 is 0.504 bits per heavy atom. The molecule has 0 aliphatic carbocycles. The van der Waals surface area contributed by atoms with Gasteiger partial charge in [-0.2, -0.15) is 48.3 Å². The van der Waals surface area contributed by atoms with E-state index in [0.29, 0.717) is 68.8 Å². The van der Waals surface area contributed by atoms with E-state index < -0.39 is 69.8 Å². The van der Waals surface area contributed by atoms with Gasteiger partial charge in [0.25, 0.3) is 0 Å². The van der Waals surface area contributed by atoms with Crippen molar-refractivity contribution in [2.75, 3.05) is 26.4 Å². The Balaban J connectivity index is 0.000000143. The van der Waals surface area contributed by atoms with Gasteiger partial charge in [-0.25, -0.2) is 4.39 Å². The maximum Gasteiger partial charge on any atom is 0.207 e. The van der Waals surface area contributed by atoms with Crippen LogP contribution in [0.2, 0.25) is 0 Å². The number of benzene rings is 12. The van der Waals surface area contributed by atoms with Crippen LogP contribution in [0.3, 0.4) is 0 Å². The van der Waals surface area contributed by atoms with Crippen LogP contribution in [0.5, 0.6) is 92.0 Å². The molecule has 12 aromatic carbocycles. The number of hydrogen-bond donors (Lipinski definition) is 0. The molecule has 0 atom stereocenters. The van der Waals surface area contributed by atoms with Crippen molar-refractivity contribution in [3.05, 3.63) is 341 Å². The maximum atomic E-state index is 14.8. The topological polar surface area (TPSA) is 111 Å². The third kappa shape index (κ3) is 20.8. The van der Waals surface area contributed by atoms with E-state index in [1.54, 1.807) is 75.4 Å². The van der Waals surface area contributed by atoms with Crippen molar-refractivity contribution in [3.63, 3.8) is 0 Å². The van der Waals surface area contributed by atoms with Crippen LogP contribution in [0.4, 0.5) is 52.7 Å². The first-order valence-electron chi connectivity index (χ1n) is 41.5. The quantitative estimate of drug-likeness (QED) is 0.0329. The molecule has 0 spiro atoms. The number of halogens is 12. The standard InChI is InChI=1S/C26H23F3O3.C26H25F3O2.C25H23F3O3.C24H21F3O4/c1-3-5-6-16-7-9-17(10-8-16)15-31-21-14-19-13-18-11-12-20(30-4-2)23(28)25(18)32-26(19)24(29)22(21)27;1-3-5-16-7-9-17(10-8-16)15-30-21-14-20-13-19-12-11-18(6-4-2)22(27)25(19)31-26(20)24(29)23(21)28;1-3-5-15-6-8-16(9-7-15)14-30-20-13-18-12-17-10-11-19(29-4-2)22(27)24(17)31-25(18)23(28)21(20)26;1-3-28-17-8-5-14(6-9-17)13-30-19-12-16-11-15-7-10-18(29-4-2)21(26)23(15)31-24(16)22(27)20(19)25/h3,7-12,14H,1,4-6,13,15H2,2H3;7-12,14H,3-6,13,15H2,1-2H3;6-11,13H,3-5,12,14H2,1-2H3;5-10,12H,3-4,11,13H2,1-2H3. The molecule has 0 saturated heterocycles. The largest absolute Gasteiger partial charge is 0.494 e. The number of rotatable bonds is 29. The fourth-order valence-electron chi connectivity index (χ4n) is 14.5. The summed E-state index contributed by atoms with van der Waals surface area (Å²) in [4.78, 5) is 0. The van der Waals surface area contributed by atoms with E-state index in [0.717, 1.165) is 72.8 Å². The van der Waals surface area contributed by atoms with Crippen molar-refractivity contribution in [1.82, 2.24) is 0 Å². The maximum absolute atomic E-state index is 14.8. The van der Waals surface area contributed by atoms with Crippen molar-refractivity contribution in [2.45, 2.75) is 152 Å². The van der Waals surface area contributed by atoms with Crippen LogP contribution in [0.25, 0.3) is 0 Å². The summed E-state index contributed by atoms with van der Waals surface area (Å²) in [6, 6.07) is 49.2. The average Bonchev–Trinajstić information content (AvgIpc) is 0.775. The van der Waals surface area contributed by atoms with Crippen molar-refractivity contribution < 1.29 is 110 Å². The lowest BCUT2D eigenvalue weighted by Gasteiger charge is -2.23. The first-order valence-corrected chi connectivity index (χ1v) is 41.5. The number of ether oxygens (including phenoxy) is 12. The molecule has 0 bridgehead atoms. The van der Waals surface area contributed by atoms with Gasteiger partial charge in [-0.05, 0) is 159 Å². The summed E-state index contributed by atoms with van der Waals surface area (Å²) in [5.74, 6) is -13.9. The van der Waals surface area contributed by atoms with E-state index in [-0.39, 0.29) is 158 Å². The highest BCUT2D eigenvalue weighted by Gasteiger charge is 2.35. The van der Waals surface area contributed by atoms with Crippen molar-refractivity contribution in [3.8, 4) is 92.0 Å². The molecule has 0 fully saturated rings. The number of hydrogen-bond acceptors (Lipinski definition) is 12. The van der Waals surface area contributed by atoms with E-state index >= 15 is 0 Å².